The SMILES string of the molecule is Cc1nc2c(C(=O)N3CCN(c4ccc5oc(C(=O)O)cc5c4Br)CC3)cccc2[nH]1.O=C(O)c1cc2c(Br)c(N3CCN(C(=O)c4cc(Cl)cc(Cl)c4)CC3)ccc2o1. The zero-order valence-corrected chi connectivity index (χ0v) is 36.4. The van der Waals surface area contributed by atoms with E-state index in [1.54, 1.807) is 35.2 Å². The van der Waals surface area contributed by atoms with Gasteiger partial charge in [0, 0.05) is 90.9 Å². The van der Waals surface area contributed by atoms with E-state index >= 15 is 0 Å². The number of benzene rings is 4. The van der Waals surface area contributed by atoms with Gasteiger partial charge in [0.2, 0.25) is 11.5 Å². The molecule has 0 spiro atoms. The fraction of sp³-hybridized carbons (Fsp3) is 0.214. The third kappa shape index (κ3) is 8.16. The monoisotopic (exact) mass is 978 g/mol. The number of carbonyl (C=O) groups is 4. The van der Waals surface area contributed by atoms with Crippen LogP contribution < -0.4 is 9.80 Å². The van der Waals surface area contributed by atoms with Gasteiger partial charge in [-0.1, -0.05) is 29.3 Å². The summed E-state index contributed by atoms with van der Waals surface area (Å²) in [6, 6.07) is 20.8. The Bertz CT molecular complexity index is 2820. The number of imidazole rings is 1. The molecule has 60 heavy (non-hydrogen) atoms. The van der Waals surface area contributed by atoms with Gasteiger partial charge in [-0.2, -0.15) is 0 Å². The van der Waals surface area contributed by atoms with Crippen LogP contribution in [0.15, 0.2) is 90.6 Å². The van der Waals surface area contributed by atoms with E-state index in [4.69, 9.17) is 37.1 Å². The number of aromatic nitrogens is 2. The van der Waals surface area contributed by atoms with Crippen LogP contribution in [-0.4, -0.2) is 106 Å². The number of aryl methyl sites for hydroxylation is 1. The smallest absolute Gasteiger partial charge is 0.371 e. The standard InChI is InChI=1S/C22H19BrN4O4.C20H15BrCl2N2O4/c1-12-24-15-4-2-3-13(20(15)25-12)21(28)27-9-7-26(8-10-27)16-5-6-17-14(19(16)23)11-18(31-17)22(29)30;21-18-14-10-17(20(27)28)29-16(14)2-1-15(18)24-3-5-25(6-4-24)19(26)11-7-12(22)9-13(23)8-11/h2-6,11H,7-10H2,1H3,(H,24,25)(H,29,30);1-2,7-10H,3-6H2,(H,27,28). The molecule has 4 aromatic carbocycles. The number of amides is 2. The molecule has 14 nitrogen and oxygen atoms in total. The van der Waals surface area contributed by atoms with Crippen LogP contribution in [0, 0.1) is 6.92 Å². The van der Waals surface area contributed by atoms with E-state index in [0.717, 1.165) is 31.7 Å². The van der Waals surface area contributed by atoms with E-state index < -0.39 is 11.9 Å². The van der Waals surface area contributed by atoms with E-state index in [9.17, 15) is 24.3 Å². The van der Waals surface area contributed by atoms with E-state index in [0.29, 0.717) is 101 Å². The zero-order valence-electron chi connectivity index (χ0n) is 31.7. The molecule has 2 aliphatic heterocycles. The number of hydrogen-bond acceptors (Lipinski definition) is 9. The number of aromatic carboxylic acids is 2. The molecule has 3 N–H and O–H groups in total. The molecule has 3 aromatic heterocycles. The summed E-state index contributed by atoms with van der Waals surface area (Å²) in [7, 11) is 0. The predicted octanol–water partition coefficient (Wildman–Crippen LogP) is 9.20. The van der Waals surface area contributed by atoms with Crippen molar-refractivity contribution in [3.8, 4) is 0 Å². The van der Waals surface area contributed by atoms with Crippen molar-refractivity contribution in [2.24, 2.45) is 0 Å². The lowest BCUT2D eigenvalue weighted by Gasteiger charge is -2.36. The van der Waals surface area contributed by atoms with Gasteiger partial charge < -0.3 is 43.6 Å². The highest BCUT2D eigenvalue weighted by molar-refractivity contribution is 9.11. The van der Waals surface area contributed by atoms with Crippen molar-refractivity contribution in [3.05, 3.63) is 120 Å². The molecule has 18 heteroatoms. The van der Waals surface area contributed by atoms with Crippen LogP contribution in [0.4, 0.5) is 11.4 Å². The van der Waals surface area contributed by atoms with Crippen LogP contribution in [0.5, 0.6) is 0 Å². The average Bonchev–Trinajstić information content (AvgIpc) is 3.98. The number of nitrogens with zero attached hydrogens (tertiary/aromatic N) is 5. The van der Waals surface area contributed by atoms with Crippen molar-refractivity contribution in [1.29, 1.82) is 0 Å². The molecule has 5 heterocycles. The number of halogens is 4. The highest BCUT2D eigenvalue weighted by Crippen LogP contribution is 2.38. The number of para-hydroxylation sites is 1. The number of furan rings is 2. The lowest BCUT2D eigenvalue weighted by atomic mass is 10.1. The van der Waals surface area contributed by atoms with Crippen LogP contribution in [-0.2, 0) is 0 Å². The Morgan fingerprint density at radius 3 is 1.63 bits per heavy atom. The fourth-order valence-electron chi connectivity index (χ4n) is 7.49. The number of hydrogen-bond donors (Lipinski definition) is 3. The zero-order chi connectivity index (χ0) is 42.4. The molecule has 0 bridgehead atoms. The second-order valence-corrected chi connectivity index (χ2v) is 16.7. The minimum Gasteiger partial charge on any atom is -0.475 e. The highest BCUT2D eigenvalue weighted by atomic mass is 79.9. The summed E-state index contributed by atoms with van der Waals surface area (Å²) in [6.07, 6.45) is 0. The van der Waals surface area contributed by atoms with Gasteiger partial charge in [0.15, 0.2) is 0 Å². The predicted molar refractivity (Wildman–Crippen MR) is 235 cm³/mol. The Balaban J connectivity index is 0.000000167. The first-order chi connectivity index (χ1) is 28.7. The van der Waals surface area contributed by atoms with Crippen LogP contribution in [0.3, 0.4) is 0 Å². The van der Waals surface area contributed by atoms with Crippen LogP contribution in [0.1, 0.15) is 47.6 Å². The van der Waals surface area contributed by atoms with Gasteiger partial charge in [0.25, 0.3) is 11.8 Å². The van der Waals surface area contributed by atoms with Crippen LogP contribution >= 0.6 is 55.1 Å². The lowest BCUT2D eigenvalue weighted by molar-refractivity contribution is 0.0655. The van der Waals surface area contributed by atoms with Gasteiger partial charge in [0.05, 0.1) is 31.4 Å². The Labute approximate surface area is 368 Å². The lowest BCUT2D eigenvalue weighted by Crippen LogP contribution is -2.49. The highest BCUT2D eigenvalue weighted by Gasteiger charge is 2.28. The van der Waals surface area contributed by atoms with Crippen molar-refractivity contribution >= 4 is 123 Å². The number of rotatable bonds is 6. The minimum atomic E-state index is -1.11. The number of anilines is 2. The molecule has 0 aliphatic carbocycles. The van der Waals surface area contributed by atoms with E-state index in [2.05, 4.69) is 51.6 Å². The third-order valence-corrected chi connectivity index (χ3v) is 12.5. The molecule has 0 unspecified atom stereocenters. The average molecular weight is 981 g/mol. The number of carboxylic acid groups (broad SMARTS) is 2. The largest absolute Gasteiger partial charge is 0.475 e. The van der Waals surface area contributed by atoms with Crippen molar-refractivity contribution in [3.63, 3.8) is 0 Å². The summed E-state index contributed by atoms with van der Waals surface area (Å²) in [5.74, 6) is -1.75. The molecule has 308 valence electrons. The van der Waals surface area contributed by atoms with Crippen molar-refractivity contribution < 1.29 is 38.2 Å². The van der Waals surface area contributed by atoms with Crippen LogP contribution in [0.2, 0.25) is 10.0 Å². The molecule has 2 saturated heterocycles. The summed E-state index contributed by atoms with van der Waals surface area (Å²) in [5.41, 5.74) is 5.54. The van der Waals surface area contributed by atoms with Crippen LogP contribution in [0.25, 0.3) is 33.0 Å². The van der Waals surface area contributed by atoms with E-state index in [1.807, 2.05) is 42.2 Å². The Hall–Kier alpha value is -5.55. The quantitative estimate of drug-likeness (QED) is 0.145. The topological polar surface area (TPSA) is 177 Å². The fourth-order valence-corrected chi connectivity index (χ4v) is 9.40. The van der Waals surface area contributed by atoms with Gasteiger partial charge in [-0.25, -0.2) is 14.6 Å². The molecule has 2 amide bonds. The molecular weight excluding hydrogens is 947 g/mol. The molecule has 7 aromatic rings. The Kier molecular flexibility index (Phi) is 11.6. The van der Waals surface area contributed by atoms with Crippen molar-refractivity contribution in [2.45, 2.75) is 6.92 Å². The first kappa shape index (κ1) is 41.2. The summed E-state index contributed by atoms with van der Waals surface area (Å²) < 4.78 is 12.3. The number of carboxylic acids is 2. The molecule has 9 rings (SSSR count). The molecular formula is C42H34Br2Cl2N6O8. The molecule has 0 saturated carbocycles. The Morgan fingerprint density at radius 2 is 1.15 bits per heavy atom. The second-order valence-electron chi connectivity index (χ2n) is 14.2. The molecule has 2 fully saturated rings. The molecule has 0 atom stereocenters. The molecule has 0 radical (unpaired) electrons. The first-order valence-corrected chi connectivity index (χ1v) is 21.0. The minimum absolute atomic E-state index is 0.0211. The number of piperazine rings is 2. The normalized spacial score (nSPS) is 14.5. The number of aromatic amines is 1. The van der Waals surface area contributed by atoms with E-state index in [1.165, 1.54) is 12.1 Å². The first-order valence-electron chi connectivity index (χ1n) is 18.7. The summed E-state index contributed by atoms with van der Waals surface area (Å²) in [5, 5.41) is 20.6. The van der Waals surface area contributed by atoms with Gasteiger partial charge >= 0.3 is 11.9 Å². The van der Waals surface area contributed by atoms with Gasteiger partial charge in [-0.15, -0.1) is 0 Å². The maximum absolute atomic E-state index is 13.2. The van der Waals surface area contributed by atoms with Crippen molar-refractivity contribution in [1.82, 2.24) is 19.8 Å². The molecule has 2 aliphatic rings. The van der Waals surface area contributed by atoms with Gasteiger partial charge in [0.1, 0.15) is 22.5 Å². The maximum atomic E-state index is 13.2. The summed E-state index contributed by atoms with van der Waals surface area (Å²) >= 11 is 19.2. The number of fused-ring (bicyclic) bond motifs is 3. The number of carbonyl (C=O) groups excluding carboxylic acids is 2. The second kappa shape index (κ2) is 16.8. The summed E-state index contributed by atoms with van der Waals surface area (Å²) in [4.78, 5) is 63.9. The van der Waals surface area contributed by atoms with Gasteiger partial charge in [-0.05, 0) is 93.4 Å². The number of nitrogens with one attached hydrogen (secondary N) is 1. The van der Waals surface area contributed by atoms with E-state index in [-0.39, 0.29) is 23.3 Å². The Morgan fingerprint density at radius 1 is 0.667 bits per heavy atom. The third-order valence-electron chi connectivity index (χ3n) is 10.4. The van der Waals surface area contributed by atoms with Gasteiger partial charge in [-0.3, -0.25) is 9.59 Å². The summed E-state index contributed by atoms with van der Waals surface area (Å²) in [6.45, 7) is 6.70. The van der Waals surface area contributed by atoms with Crippen molar-refractivity contribution in [2.75, 3.05) is 62.2 Å². The maximum Gasteiger partial charge on any atom is 0.371 e. The number of H-pyrrole nitrogens is 1.